The Hall–Kier alpha value is -1.04. The molecule has 68 valence electrons. The average molecular weight is 293 g/mol. The van der Waals surface area contributed by atoms with Crippen LogP contribution in [0, 0.1) is 0 Å². The quantitative estimate of drug-likeness (QED) is 0.470. The van der Waals surface area contributed by atoms with Crippen LogP contribution < -0.4 is 0 Å². The van der Waals surface area contributed by atoms with Crippen LogP contribution in [0.25, 0.3) is 21.8 Å². The molecule has 0 aliphatic rings. The monoisotopic (exact) mass is 294 g/mol. The molecule has 0 aliphatic carbocycles. The van der Waals surface area contributed by atoms with E-state index in [1.165, 1.54) is 0 Å². The molecule has 0 aliphatic heterocycles. The van der Waals surface area contributed by atoms with Crippen molar-refractivity contribution in [2.75, 3.05) is 0 Å². The van der Waals surface area contributed by atoms with Crippen molar-refractivity contribution in [3.63, 3.8) is 0 Å². The zero-order valence-corrected chi connectivity index (χ0v) is 12.3. The second-order valence-electron chi connectivity index (χ2n) is 3.21. The summed E-state index contributed by atoms with van der Waals surface area (Å²) < 4.78 is 0. The molecule has 0 fully saturated rings. The zero-order chi connectivity index (χ0) is 9.38. The van der Waals surface area contributed by atoms with Gasteiger partial charge in [0.15, 0.2) is 0 Å². The van der Waals surface area contributed by atoms with E-state index in [4.69, 9.17) is 0 Å². The fraction of sp³-hybridized carbons (Fsp3) is 0. The SMILES string of the molecule is [Cd].c1cnc2c(c1)ccc1ncccc12. The van der Waals surface area contributed by atoms with Gasteiger partial charge in [0.1, 0.15) is 0 Å². The van der Waals surface area contributed by atoms with Crippen molar-refractivity contribution in [2.45, 2.75) is 0 Å². The fourth-order valence-corrected chi connectivity index (χ4v) is 1.70. The van der Waals surface area contributed by atoms with Crippen molar-refractivity contribution in [1.29, 1.82) is 0 Å². The van der Waals surface area contributed by atoms with Crippen molar-refractivity contribution in [2.24, 2.45) is 0 Å². The Labute approximate surface area is 108 Å². The van der Waals surface area contributed by atoms with Crippen molar-refractivity contribution < 1.29 is 27.3 Å². The molecule has 0 amide bonds. The zero-order valence-electron chi connectivity index (χ0n) is 8.22. The Morgan fingerprint density at radius 3 is 2.53 bits per heavy atom. The molecule has 0 atom stereocenters. The van der Waals surface area contributed by atoms with Gasteiger partial charge in [0, 0.05) is 50.5 Å². The average Bonchev–Trinajstić information content (AvgIpc) is 2.29. The van der Waals surface area contributed by atoms with E-state index in [0.717, 1.165) is 21.8 Å². The van der Waals surface area contributed by atoms with E-state index in [1.54, 1.807) is 6.20 Å². The minimum Gasteiger partial charge on any atom is -0.256 e. The predicted octanol–water partition coefficient (Wildman–Crippen LogP) is 2.78. The third kappa shape index (κ3) is 1.74. The summed E-state index contributed by atoms with van der Waals surface area (Å²) in [6.45, 7) is 0. The maximum absolute atomic E-state index is 4.37. The van der Waals surface area contributed by atoms with Gasteiger partial charge in [-0.25, -0.2) is 0 Å². The molecule has 2 aromatic heterocycles. The van der Waals surface area contributed by atoms with Crippen LogP contribution in [0.4, 0.5) is 0 Å². The number of fused-ring (bicyclic) bond motifs is 3. The summed E-state index contributed by atoms with van der Waals surface area (Å²) in [4.78, 5) is 8.66. The molecular weight excluding hydrogens is 285 g/mol. The summed E-state index contributed by atoms with van der Waals surface area (Å²) in [5.41, 5.74) is 2.02. The van der Waals surface area contributed by atoms with Crippen LogP contribution in [-0.2, 0) is 27.3 Å². The van der Waals surface area contributed by atoms with Gasteiger partial charge in [0.25, 0.3) is 0 Å². The molecule has 0 saturated carbocycles. The molecule has 15 heavy (non-hydrogen) atoms. The number of hydrogen-bond acceptors (Lipinski definition) is 2. The van der Waals surface area contributed by atoms with Crippen LogP contribution in [0.15, 0.2) is 48.8 Å². The number of benzene rings is 1. The van der Waals surface area contributed by atoms with Gasteiger partial charge in [-0.05, 0) is 24.3 Å². The van der Waals surface area contributed by atoms with Crippen LogP contribution in [0.2, 0.25) is 0 Å². The molecule has 1 aromatic carbocycles. The summed E-state index contributed by atoms with van der Waals surface area (Å²) in [6.07, 6.45) is 3.62. The van der Waals surface area contributed by atoms with Crippen LogP contribution in [0.5, 0.6) is 0 Å². The first-order valence-corrected chi connectivity index (χ1v) is 4.53. The Morgan fingerprint density at radius 2 is 1.60 bits per heavy atom. The molecule has 2 heterocycles. The maximum Gasteiger partial charge on any atom is 0.0795 e. The molecule has 2 nitrogen and oxygen atoms in total. The van der Waals surface area contributed by atoms with Gasteiger partial charge in [-0.1, -0.05) is 12.1 Å². The minimum absolute atomic E-state index is 0. The third-order valence-electron chi connectivity index (χ3n) is 2.35. The van der Waals surface area contributed by atoms with E-state index in [-0.39, 0.29) is 27.3 Å². The smallest absolute Gasteiger partial charge is 0.0795 e. The van der Waals surface area contributed by atoms with Crippen LogP contribution in [0.1, 0.15) is 0 Å². The van der Waals surface area contributed by atoms with Crippen LogP contribution in [0.3, 0.4) is 0 Å². The fourth-order valence-electron chi connectivity index (χ4n) is 1.70. The van der Waals surface area contributed by atoms with E-state index < -0.39 is 0 Å². The van der Waals surface area contributed by atoms with Gasteiger partial charge in [0.2, 0.25) is 0 Å². The van der Waals surface area contributed by atoms with Crippen LogP contribution >= 0.6 is 0 Å². The van der Waals surface area contributed by atoms with E-state index in [1.807, 2.05) is 24.4 Å². The summed E-state index contributed by atoms with van der Waals surface area (Å²) >= 11 is 0. The first-order chi connectivity index (χ1) is 6.95. The third-order valence-corrected chi connectivity index (χ3v) is 2.35. The van der Waals surface area contributed by atoms with Crippen LogP contribution in [-0.4, -0.2) is 9.97 Å². The largest absolute Gasteiger partial charge is 0.256 e. The first kappa shape index (κ1) is 10.5. The van der Waals surface area contributed by atoms with Gasteiger partial charge in [-0.2, -0.15) is 0 Å². The van der Waals surface area contributed by atoms with Gasteiger partial charge in [-0.3, -0.25) is 9.97 Å². The minimum atomic E-state index is 0. The van der Waals surface area contributed by atoms with Gasteiger partial charge >= 0.3 is 0 Å². The molecule has 0 spiro atoms. The molecule has 0 bridgehead atoms. The Kier molecular flexibility index (Phi) is 2.95. The van der Waals surface area contributed by atoms with Crippen molar-refractivity contribution >= 4 is 21.8 Å². The number of pyridine rings is 2. The van der Waals surface area contributed by atoms with Gasteiger partial charge in [-0.15, -0.1) is 0 Å². The normalized spacial score (nSPS) is 10.1. The Morgan fingerprint density at radius 1 is 0.800 bits per heavy atom. The Balaban J connectivity index is 0.000000853. The first-order valence-electron chi connectivity index (χ1n) is 4.53. The number of hydrogen-bond donors (Lipinski definition) is 0. The van der Waals surface area contributed by atoms with E-state index >= 15 is 0 Å². The summed E-state index contributed by atoms with van der Waals surface area (Å²) in [5, 5.41) is 2.28. The molecule has 0 saturated heterocycles. The summed E-state index contributed by atoms with van der Waals surface area (Å²) in [6, 6.07) is 12.1. The second kappa shape index (κ2) is 4.22. The van der Waals surface area contributed by atoms with Crippen molar-refractivity contribution in [3.8, 4) is 0 Å². The molecular formula is C12H8CdN2. The molecule has 3 aromatic rings. The van der Waals surface area contributed by atoms with Crippen molar-refractivity contribution in [3.05, 3.63) is 48.8 Å². The standard InChI is InChI=1S/C12H8N2.Cd/c1-3-9-5-6-11-10(4-2-7-13-11)12(9)14-8-1;/h1-8H;. The van der Waals surface area contributed by atoms with E-state index in [9.17, 15) is 0 Å². The molecule has 0 radical (unpaired) electrons. The number of rotatable bonds is 0. The molecule has 3 heteroatoms. The molecule has 0 unspecified atom stereocenters. The van der Waals surface area contributed by atoms with Gasteiger partial charge in [0.05, 0.1) is 11.0 Å². The molecule has 0 N–H and O–H groups in total. The van der Waals surface area contributed by atoms with E-state index in [2.05, 4.69) is 28.2 Å². The number of nitrogens with zero attached hydrogens (tertiary/aromatic N) is 2. The van der Waals surface area contributed by atoms with Gasteiger partial charge < -0.3 is 0 Å². The predicted molar refractivity (Wildman–Crippen MR) is 57.0 cm³/mol. The maximum atomic E-state index is 4.37. The summed E-state index contributed by atoms with van der Waals surface area (Å²) in [5.74, 6) is 0. The van der Waals surface area contributed by atoms with Crippen molar-refractivity contribution in [1.82, 2.24) is 9.97 Å². The second-order valence-corrected chi connectivity index (χ2v) is 3.21. The summed E-state index contributed by atoms with van der Waals surface area (Å²) in [7, 11) is 0. The Bertz CT molecular complexity index is 553. The molecule has 3 rings (SSSR count). The topological polar surface area (TPSA) is 25.8 Å². The van der Waals surface area contributed by atoms with E-state index in [0.29, 0.717) is 0 Å². The number of aromatic nitrogens is 2.